The number of piperidine rings is 1. The number of rotatable bonds is 4. The average molecular weight is 427 g/mol. The van der Waals surface area contributed by atoms with Crippen LogP contribution in [0.4, 0.5) is 4.39 Å². The predicted octanol–water partition coefficient (Wildman–Crippen LogP) is 3.26. The van der Waals surface area contributed by atoms with Crippen molar-refractivity contribution in [2.45, 2.75) is 38.5 Å². The zero-order valence-corrected chi connectivity index (χ0v) is 18.0. The van der Waals surface area contributed by atoms with Crippen LogP contribution < -0.4 is 4.74 Å². The number of aromatic nitrogens is 2. The number of hydrogen-bond donors (Lipinski definition) is 0. The second kappa shape index (κ2) is 8.43. The van der Waals surface area contributed by atoms with E-state index in [0.29, 0.717) is 35.5 Å². The number of aryl methyl sites for hydroxylation is 1. The van der Waals surface area contributed by atoms with Gasteiger partial charge < -0.3 is 9.57 Å². The largest absolute Gasteiger partial charge is 0.496 e. The molecule has 7 nitrogen and oxygen atoms in total. The van der Waals surface area contributed by atoms with Gasteiger partial charge >= 0.3 is 0 Å². The molecular weight excluding hydrogens is 401 g/mol. The summed E-state index contributed by atoms with van der Waals surface area (Å²) in [7, 11) is 3.15. The molecule has 31 heavy (non-hydrogen) atoms. The Hall–Kier alpha value is -2.71. The fourth-order valence-electron chi connectivity index (χ4n) is 4.90. The summed E-state index contributed by atoms with van der Waals surface area (Å²) in [5.41, 5.74) is 1.71. The molecule has 2 aliphatic rings. The Morgan fingerprint density at radius 2 is 1.68 bits per heavy atom. The number of hydroxylamine groups is 2. The summed E-state index contributed by atoms with van der Waals surface area (Å²) < 4.78 is 18.7. The topological polar surface area (TPSA) is 81.6 Å². The van der Waals surface area contributed by atoms with Crippen molar-refractivity contribution in [3.63, 3.8) is 0 Å². The molecule has 1 aliphatic carbocycles. The lowest BCUT2D eigenvalue weighted by molar-refractivity contribution is -0.166. The molecule has 1 spiro atoms. The summed E-state index contributed by atoms with van der Waals surface area (Å²) in [4.78, 5) is 39.8. The number of halogens is 1. The number of carbonyl (C=O) groups excluding carboxylic acids is 2. The highest BCUT2D eigenvalue weighted by Gasteiger charge is 2.48. The Kier molecular flexibility index (Phi) is 5.85. The fraction of sp³-hybridized carbons (Fsp3) is 0.478. The van der Waals surface area contributed by atoms with E-state index in [0.717, 1.165) is 43.9 Å². The van der Waals surface area contributed by atoms with Crippen molar-refractivity contribution >= 4 is 11.6 Å². The lowest BCUT2D eigenvalue weighted by Crippen LogP contribution is -2.46. The molecule has 0 N–H and O–H groups in total. The molecule has 164 valence electrons. The van der Waals surface area contributed by atoms with E-state index < -0.39 is 11.7 Å². The van der Waals surface area contributed by atoms with Gasteiger partial charge in [-0.05, 0) is 42.9 Å². The van der Waals surface area contributed by atoms with Crippen LogP contribution in [-0.2, 0) is 14.4 Å². The second-order valence-electron chi connectivity index (χ2n) is 8.46. The van der Waals surface area contributed by atoms with Crippen LogP contribution in [0.2, 0.25) is 0 Å². The number of ketones is 2. The molecule has 4 rings (SSSR count). The minimum Gasteiger partial charge on any atom is -0.496 e. The maximum Gasteiger partial charge on any atom is 0.159 e. The molecule has 1 aliphatic heterocycles. The summed E-state index contributed by atoms with van der Waals surface area (Å²) in [5, 5.41) is 1.87. The van der Waals surface area contributed by atoms with Crippen molar-refractivity contribution < 1.29 is 23.6 Å². The number of methoxy groups -OCH3 is 1. The van der Waals surface area contributed by atoms with E-state index in [2.05, 4.69) is 9.97 Å². The summed E-state index contributed by atoms with van der Waals surface area (Å²) in [6.07, 6.45) is 4.49. The Morgan fingerprint density at radius 3 is 2.23 bits per heavy atom. The molecule has 2 aromatic rings. The van der Waals surface area contributed by atoms with Crippen molar-refractivity contribution in [1.82, 2.24) is 15.0 Å². The van der Waals surface area contributed by atoms with E-state index in [1.807, 2.05) is 18.1 Å². The Balaban J connectivity index is 1.64. The molecule has 0 atom stereocenters. The molecule has 2 fully saturated rings. The number of benzene rings is 1. The van der Waals surface area contributed by atoms with E-state index >= 15 is 0 Å². The molecular formula is C23H26FN3O4. The van der Waals surface area contributed by atoms with Gasteiger partial charge in [0.05, 0.1) is 26.6 Å². The number of carbonyl (C=O) groups is 2. The van der Waals surface area contributed by atoms with Gasteiger partial charge in [-0.15, -0.1) is 0 Å². The maximum absolute atomic E-state index is 13.3. The van der Waals surface area contributed by atoms with E-state index in [1.165, 1.54) is 7.11 Å². The van der Waals surface area contributed by atoms with Gasteiger partial charge in [0, 0.05) is 37.1 Å². The van der Waals surface area contributed by atoms with E-state index in [1.54, 1.807) is 13.2 Å². The van der Waals surface area contributed by atoms with Crippen LogP contribution in [0.15, 0.2) is 24.5 Å². The molecule has 2 heterocycles. The molecule has 0 bridgehead atoms. The summed E-state index contributed by atoms with van der Waals surface area (Å²) in [6.45, 7) is 3.28. The quantitative estimate of drug-likeness (QED) is 0.693. The first-order valence-corrected chi connectivity index (χ1v) is 10.4. The van der Waals surface area contributed by atoms with Gasteiger partial charge in [0.25, 0.3) is 0 Å². The smallest absolute Gasteiger partial charge is 0.159 e. The Morgan fingerprint density at radius 1 is 1.06 bits per heavy atom. The van der Waals surface area contributed by atoms with Gasteiger partial charge in [-0.3, -0.25) is 9.59 Å². The SMILES string of the molecule is COc1cc(-c2ncc(F)cn2)cc(C)c1C1C(=O)CC2(CCN(OC)CC2)CC1=O. The highest BCUT2D eigenvalue weighted by molar-refractivity contribution is 6.11. The minimum atomic E-state index is -0.829. The Labute approximate surface area is 180 Å². The molecule has 1 aromatic heterocycles. The first-order chi connectivity index (χ1) is 14.9. The van der Waals surface area contributed by atoms with Gasteiger partial charge in [-0.25, -0.2) is 14.4 Å². The minimum absolute atomic E-state index is 0.0608. The molecule has 0 radical (unpaired) electrons. The molecule has 1 saturated heterocycles. The summed E-state index contributed by atoms with van der Waals surface area (Å²) >= 11 is 0. The van der Waals surface area contributed by atoms with Crippen molar-refractivity contribution in [2.24, 2.45) is 5.41 Å². The van der Waals surface area contributed by atoms with E-state index in [9.17, 15) is 14.0 Å². The highest BCUT2D eigenvalue weighted by atomic mass is 19.1. The molecule has 1 saturated carbocycles. The van der Waals surface area contributed by atoms with Crippen LogP contribution >= 0.6 is 0 Å². The monoisotopic (exact) mass is 427 g/mol. The van der Waals surface area contributed by atoms with E-state index in [-0.39, 0.29) is 17.0 Å². The maximum atomic E-state index is 13.3. The van der Waals surface area contributed by atoms with Crippen LogP contribution in [0.5, 0.6) is 5.75 Å². The van der Waals surface area contributed by atoms with Crippen LogP contribution in [0.3, 0.4) is 0 Å². The summed E-state index contributed by atoms with van der Waals surface area (Å²) in [6, 6.07) is 3.52. The molecule has 0 unspecified atom stereocenters. The molecule has 1 aromatic carbocycles. The van der Waals surface area contributed by atoms with Crippen LogP contribution in [0.1, 0.15) is 42.7 Å². The van der Waals surface area contributed by atoms with Crippen molar-refractivity contribution in [3.8, 4) is 17.1 Å². The fourth-order valence-corrected chi connectivity index (χ4v) is 4.90. The highest BCUT2D eigenvalue weighted by Crippen LogP contribution is 2.48. The number of hydrogen-bond acceptors (Lipinski definition) is 7. The standard InChI is InChI=1S/C23H26FN3O4/c1-14-8-15(22-25-12-16(24)13-26-22)9-19(30-2)20(14)21-17(28)10-23(11-18(21)29)4-6-27(31-3)7-5-23/h8-9,12-13,21H,4-7,10-11H2,1-3H3. The van der Waals surface area contributed by atoms with Gasteiger partial charge in [-0.1, -0.05) is 0 Å². The zero-order valence-electron chi connectivity index (χ0n) is 18.0. The van der Waals surface area contributed by atoms with Gasteiger partial charge in [-0.2, -0.15) is 5.06 Å². The number of nitrogens with zero attached hydrogens (tertiary/aromatic N) is 3. The Bertz CT molecular complexity index is 981. The van der Waals surface area contributed by atoms with Crippen molar-refractivity contribution in [1.29, 1.82) is 0 Å². The third-order valence-electron chi connectivity index (χ3n) is 6.52. The third kappa shape index (κ3) is 4.09. The lowest BCUT2D eigenvalue weighted by atomic mass is 9.63. The number of Topliss-reactive ketones (excluding diaryl/α,β-unsaturated/α-hetero) is 2. The van der Waals surface area contributed by atoms with Crippen molar-refractivity contribution in [3.05, 3.63) is 41.5 Å². The van der Waals surface area contributed by atoms with Gasteiger partial charge in [0.15, 0.2) is 11.6 Å². The number of ether oxygens (including phenoxy) is 1. The first-order valence-electron chi connectivity index (χ1n) is 10.4. The average Bonchev–Trinajstić information content (AvgIpc) is 2.75. The first kappa shape index (κ1) is 21.5. The van der Waals surface area contributed by atoms with Crippen LogP contribution in [0.25, 0.3) is 11.4 Å². The van der Waals surface area contributed by atoms with Crippen molar-refractivity contribution in [2.75, 3.05) is 27.3 Å². The van der Waals surface area contributed by atoms with E-state index in [4.69, 9.17) is 9.57 Å². The lowest BCUT2D eigenvalue weighted by Gasteiger charge is -2.44. The summed E-state index contributed by atoms with van der Waals surface area (Å²) in [5.74, 6) is -0.681. The normalized spacial score (nSPS) is 19.7. The van der Waals surface area contributed by atoms with Gasteiger partial charge in [0.1, 0.15) is 23.2 Å². The van der Waals surface area contributed by atoms with Crippen LogP contribution in [-0.4, -0.2) is 53.9 Å². The zero-order chi connectivity index (χ0) is 22.2. The molecule has 0 amide bonds. The predicted molar refractivity (Wildman–Crippen MR) is 111 cm³/mol. The third-order valence-corrected chi connectivity index (χ3v) is 6.52. The van der Waals surface area contributed by atoms with Gasteiger partial charge in [0.2, 0.25) is 0 Å². The molecule has 8 heteroatoms. The second-order valence-corrected chi connectivity index (χ2v) is 8.46. The van der Waals surface area contributed by atoms with Crippen LogP contribution in [0, 0.1) is 18.2 Å².